The van der Waals surface area contributed by atoms with Crippen molar-refractivity contribution in [2.75, 3.05) is 5.32 Å². The van der Waals surface area contributed by atoms with E-state index >= 15 is 0 Å². The molecule has 22 heavy (non-hydrogen) atoms. The van der Waals surface area contributed by atoms with Crippen LogP contribution in [0.2, 0.25) is 5.02 Å². The number of halogens is 1. The van der Waals surface area contributed by atoms with Crippen molar-refractivity contribution >= 4 is 23.2 Å². The molecule has 4 nitrogen and oxygen atoms in total. The third kappa shape index (κ3) is 3.92. The summed E-state index contributed by atoms with van der Waals surface area (Å²) in [7, 11) is 0. The molecular formula is C17H18ClNO3. The van der Waals surface area contributed by atoms with Crippen molar-refractivity contribution in [3.05, 3.63) is 52.5 Å². The molecule has 0 aliphatic heterocycles. The van der Waals surface area contributed by atoms with Gasteiger partial charge < -0.3 is 15.5 Å². The van der Waals surface area contributed by atoms with Crippen LogP contribution in [0, 0.1) is 12.8 Å². The number of aryl methyl sites for hydroxylation is 1. The van der Waals surface area contributed by atoms with E-state index < -0.39 is 0 Å². The van der Waals surface area contributed by atoms with Gasteiger partial charge in [-0.05, 0) is 54.8 Å². The summed E-state index contributed by atoms with van der Waals surface area (Å²) in [4.78, 5) is 12.2. The van der Waals surface area contributed by atoms with Gasteiger partial charge in [0.1, 0.15) is 0 Å². The van der Waals surface area contributed by atoms with Gasteiger partial charge >= 0.3 is 0 Å². The minimum Gasteiger partial charge on any atom is -0.504 e. The first kappa shape index (κ1) is 16.2. The van der Waals surface area contributed by atoms with Crippen molar-refractivity contribution in [3.8, 4) is 11.5 Å². The number of phenols is 2. The van der Waals surface area contributed by atoms with Gasteiger partial charge in [-0.25, -0.2) is 0 Å². The van der Waals surface area contributed by atoms with Gasteiger partial charge in [-0.1, -0.05) is 24.6 Å². The monoisotopic (exact) mass is 319 g/mol. The van der Waals surface area contributed by atoms with Crippen LogP contribution >= 0.6 is 11.6 Å². The SMILES string of the molecule is Cc1cc(Cl)ccc1NC(=O)C(C)Cc1ccc(O)c(O)c1. The Kier molecular flexibility index (Phi) is 4.93. The van der Waals surface area contributed by atoms with E-state index in [1.807, 2.05) is 13.8 Å². The van der Waals surface area contributed by atoms with Crippen LogP contribution in [0.15, 0.2) is 36.4 Å². The fourth-order valence-corrected chi connectivity index (χ4v) is 2.39. The molecule has 1 unspecified atom stereocenters. The molecule has 1 atom stereocenters. The average molecular weight is 320 g/mol. The number of benzene rings is 2. The zero-order chi connectivity index (χ0) is 16.3. The smallest absolute Gasteiger partial charge is 0.227 e. The average Bonchev–Trinajstić information content (AvgIpc) is 2.45. The number of amides is 1. The number of hydrogen-bond donors (Lipinski definition) is 3. The Bertz CT molecular complexity index is 700. The van der Waals surface area contributed by atoms with Crippen LogP contribution in [0.1, 0.15) is 18.1 Å². The summed E-state index contributed by atoms with van der Waals surface area (Å²) >= 11 is 5.89. The second-order valence-corrected chi connectivity index (χ2v) is 5.81. The highest BCUT2D eigenvalue weighted by molar-refractivity contribution is 6.30. The quantitative estimate of drug-likeness (QED) is 0.749. The van der Waals surface area contributed by atoms with E-state index in [4.69, 9.17) is 11.6 Å². The van der Waals surface area contributed by atoms with Gasteiger partial charge in [0, 0.05) is 16.6 Å². The molecule has 0 spiro atoms. The topological polar surface area (TPSA) is 69.6 Å². The van der Waals surface area contributed by atoms with Crippen molar-refractivity contribution < 1.29 is 15.0 Å². The minimum atomic E-state index is -0.279. The molecule has 2 rings (SSSR count). The van der Waals surface area contributed by atoms with E-state index in [2.05, 4.69) is 5.32 Å². The molecule has 0 fully saturated rings. The highest BCUT2D eigenvalue weighted by atomic mass is 35.5. The van der Waals surface area contributed by atoms with E-state index in [0.717, 1.165) is 16.8 Å². The normalized spacial score (nSPS) is 12.0. The van der Waals surface area contributed by atoms with E-state index in [0.29, 0.717) is 11.4 Å². The first-order valence-electron chi connectivity index (χ1n) is 6.94. The molecule has 0 radical (unpaired) electrons. The Hall–Kier alpha value is -2.20. The molecule has 1 amide bonds. The number of anilines is 1. The van der Waals surface area contributed by atoms with Crippen molar-refractivity contribution in [1.82, 2.24) is 0 Å². The van der Waals surface area contributed by atoms with Crippen molar-refractivity contribution in [3.63, 3.8) is 0 Å². The van der Waals surface area contributed by atoms with Crippen molar-refractivity contribution in [2.45, 2.75) is 20.3 Å². The number of nitrogens with one attached hydrogen (secondary N) is 1. The maximum atomic E-state index is 12.2. The van der Waals surface area contributed by atoms with E-state index in [-0.39, 0.29) is 23.3 Å². The van der Waals surface area contributed by atoms with E-state index in [9.17, 15) is 15.0 Å². The Balaban J connectivity index is 2.04. The lowest BCUT2D eigenvalue weighted by molar-refractivity contribution is -0.119. The maximum absolute atomic E-state index is 12.2. The highest BCUT2D eigenvalue weighted by Gasteiger charge is 2.15. The minimum absolute atomic E-state index is 0.113. The molecule has 0 saturated heterocycles. The zero-order valence-corrected chi connectivity index (χ0v) is 13.2. The fraction of sp³-hybridized carbons (Fsp3) is 0.235. The lowest BCUT2D eigenvalue weighted by Crippen LogP contribution is -2.22. The van der Waals surface area contributed by atoms with E-state index in [1.165, 1.54) is 12.1 Å². The molecular weight excluding hydrogens is 302 g/mol. The largest absolute Gasteiger partial charge is 0.504 e. The fourth-order valence-electron chi connectivity index (χ4n) is 2.17. The molecule has 116 valence electrons. The third-order valence-electron chi connectivity index (χ3n) is 3.48. The number of phenolic OH excluding ortho intramolecular Hbond substituents is 2. The summed E-state index contributed by atoms with van der Waals surface area (Å²) in [5.74, 6) is -0.742. The van der Waals surface area contributed by atoms with Gasteiger partial charge in [-0.15, -0.1) is 0 Å². The molecule has 0 heterocycles. The zero-order valence-electron chi connectivity index (χ0n) is 12.4. The molecule has 2 aromatic rings. The molecule has 0 aliphatic rings. The summed E-state index contributed by atoms with van der Waals surface area (Å²) in [6, 6.07) is 9.86. The molecule has 0 saturated carbocycles. The summed E-state index contributed by atoms with van der Waals surface area (Å²) < 4.78 is 0. The summed E-state index contributed by atoms with van der Waals surface area (Å²) in [5, 5.41) is 22.3. The number of aromatic hydroxyl groups is 2. The molecule has 0 aliphatic carbocycles. The molecule has 0 aromatic heterocycles. The Morgan fingerprint density at radius 2 is 1.91 bits per heavy atom. The number of rotatable bonds is 4. The van der Waals surface area contributed by atoms with Crippen LogP contribution in [-0.2, 0) is 11.2 Å². The maximum Gasteiger partial charge on any atom is 0.227 e. The van der Waals surface area contributed by atoms with Crippen LogP contribution in [0.5, 0.6) is 11.5 Å². The van der Waals surface area contributed by atoms with Gasteiger partial charge in [-0.3, -0.25) is 4.79 Å². The Morgan fingerprint density at radius 3 is 2.55 bits per heavy atom. The van der Waals surface area contributed by atoms with Gasteiger partial charge in [0.15, 0.2) is 11.5 Å². The molecule has 2 aromatic carbocycles. The first-order chi connectivity index (χ1) is 10.4. The lowest BCUT2D eigenvalue weighted by atomic mass is 9.99. The van der Waals surface area contributed by atoms with Crippen molar-refractivity contribution in [2.24, 2.45) is 5.92 Å². The van der Waals surface area contributed by atoms with E-state index in [1.54, 1.807) is 24.3 Å². The first-order valence-corrected chi connectivity index (χ1v) is 7.32. The lowest BCUT2D eigenvalue weighted by Gasteiger charge is -2.14. The van der Waals surface area contributed by atoms with Crippen molar-refractivity contribution in [1.29, 1.82) is 0 Å². The molecule has 0 bridgehead atoms. The second kappa shape index (κ2) is 6.71. The van der Waals surface area contributed by atoms with Gasteiger partial charge in [0.2, 0.25) is 5.91 Å². The summed E-state index contributed by atoms with van der Waals surface area (Å²) in [6.45, 7) is 3.69. The Morgan fingerprint density at radius 1 is 1.18 bits per heavy atom. The Labute approximate surface area is 134 Å². The number of hydrogen-bond acceptors (Lipinski definition) is 3. The van der Waals surface area contributed by atoms with Crippen LogP contribution in [-0.4, -0.2) is 16.1 Å². The summed E-state index contributed by atoms with van der Waals surface area (Å²) in [5.41, 5.74) is 2.41. The molecule has 3 N–H and O–H groups in total. The predicted octanol–water partition coefficient (Wildman–Crippen LogP) is 3.88. The van der Waals surface area contributed by atoms with Gasteiger partial charge in [0.25, 0.3) is 0 Å². The van der Waals surface area contributed by atoms with Crippen LogP contribution in [0.4, 0.5) is 5.69 Å². The highest BCUT2D eigenvalue weighted by Crippen LogP contribution is 2.26. The number of carbonyl (C=O) groups is 1. The van der Waals surface area contributed by atoms with Crippen LogP contribution in [0.3, 0.4) is 0 Å². The predicted molar refractivity (Wildman–Crippen MR) is 87.5 cm³/mol. The third-order valence-corrected chi connectivity index (χ3v) is 3.71. The summed E-state index contributed by atoms with van der Waals surface area (Å²) in [6.07, 6.45) is 0.465. The van der Waals surface area contributed by atoms with Crippen LogP contribution in [0.25, 0.3) is 0 Å². The standard InChI is InChI=1S/C17H18ClNO3/c1-10-8-13(18)4-5-14(10)19-17(22)11(2)7-12-3-6-15(20)16(21)9-12/h3-6,8-9,11,20-21H,7H2,1-2H3,(H,19,22). The molecule has 5 heteroatoms. The van der Waals surface area contributed by atoms with Crippen LogP contribution < -0.4 is 5.32 Å². The van der Waals surface area contributed by atoms with Gasteiger partial charge in [0.05, 0.1) is 0 Å². The number of carbonyl (C=O) groups excluding carboxylic acids is 1. The second-order valence-electron chi connectivity index (χ2n) is 5.38. The van der Waals surface area contributed by atoms with Gasteiger partial charge in [-0.2, -0.15) is 0 Å².